The molecular weight excluding hydrogens is 365 g/mol. The zero-order chi connectivity index (χ0) is 18.5. The van der Waals surface area contributed by atoms with Gasteiger partial charge in [-0.25, -0.2) is 9.67 Å². The van der Waals surface area contributed by atoms with E-state index in [2.05, 4.69) is 20.4 Å². The zero-order valence-corrected chi connectivity index (χ0v) is 14.9. The van der Waals surface area contributed by atoms with E-state index < -0.39 is 5.82 Å². The van der Waals surface area contributed by atoms with Gasteiger partial charge in [0.1, 0.15) is 0 Å². The second-order valence-corrected chi connectivity index (χ2v) is 6.61. The molecule has 0 spiro atoms. The minimum absolute atomic E-state index is 0.0932. The molecule has 0 aromatic carbocycles. The highest BCUT2D eigenvalue weighted by molar-refractivity contribution is 6.32. The van der Waals surface area contributed by atoms with Crippen LogP contribution in [0.15, 0.2) is 12.4 Å². The molecule has 1 saturated carbocycles. The number of aromatic nitrogens is 4. The van der Waals surface area contributed by atoms with E-state index in [9.17, 15) is 9.50 Å². The average Bonchev–Trinajstić information content (AvgIpc) is 2.97. The van der Waals surface area contributed by atoms with Crippen molar-refractivity contribution in [2.75, 3.05) is 18.5 Å². The summed E-state index contributed by atoms with van der Waals surface area (Å²) in [4.78, 5) is 7.93. The number of hydrogen-bond donors (Lipinski definition) is 3. The Labute approximate surface area is 155 Å². The fourth-order valence-corrected chi connectivity index (χ4v) is 3.07. The molecule has 8 nitrogen and oxygen atoms in total. The number of ether oxygens (including phenoxy) is 1. The quantitative estimate of drug-likeness (QED) is 0.670. The zero-order valence-electron chi connectivity index (χ0n) is 14.1. The van der Waals surface area contributed by atoms with Gasteiger partial charge in [-0.05, 0) is 31.6 Å². The lowest BCUT2D eigenvalue weighted by atomic mass is 9.88. The minimum Gasteiger partial charge on any atom is -0.475 e. The third-order valence-electron chi connectivity index (χ3n) is 4.32. The molecule has 142 valence electrons. The number of anilines is 2. The van der Waals surface area contributed by atoms with E-state index in [0.29, 0.717) is 12.3 Å². The Morgan fingerprint density at radius 3 is 2.81 bits per heavy atom. The van der Waals surface area contributed by atoms with Crippen LogP contribution in [0.3, 0.4) is 0 Å². The Hall–Kier alpha value is -1.97. The second-order valence-electron chi connectivity index (χ2n) is 6.25. The molecule has 0 radical (unpaired) electrons. The molecule has 1 aliphatic carbocycles. The van der Waals surface area contributed by atoms with Crippen molar-refractivity contribution >= 4 is 23.2 Å². The minimum atomic E-state index is -0.645. The molecule has 26 heavy (non-hydrogen) atoms. The van der Waals surface area contributed by atoms with Gasteiger partial charge in [-0.1, -0.05) is 11.6 Å². The Kier molecular flexibility index (Phi) is 6.23. The largest absolute Gasteiger partial charge is 0.475 e. The molecule has 0 atom stereocenters. The number of aliphatic hydroxyl groups excluding tert-OH is 2. The van der Waals surface area contributed by atoms with Crippen molar-refractivity contribution in [3.8, 4) is 5.88 Å². The number of nitrogens with one attached hydrogen (secondary N) is 1. The van der Waals surface area contributed by atoms with Crippen LogP contribution in [0.5, 0.6) is 5.88 Å². The van der Waals surface area contributed by atoms with Crippen LogP contribution in [0.25, 0.3) is 0 Å². The monoisotopic (exact) mass is 385 g/mol. The summed E-state index contributed by atoms with van der Waals surface area (Å²) in [6.07, 6.45) is 5.43. The Morgan fingerprint density at radius 2 is 2.08 bits per heavy atom. The lowest BCUT2D eigenvalue weighted by Crippen LogP contribution is -2.23. The second kappa shape index (κ2) is 8.61. The summed E-state index contributed by atoms with van der Waals surface area (Å²) in [7, 11) is 0. The first kappa shape index (κ1) is 18.8. The number of nitrogens with zero attached hydrogens (tertiary/aromatic N) is 4. The average molecular weight is 386 g/mol. The van der Waals surface area contributed by atoms with Crippen molar-refractivity contribution < 1.29 is 19.3 Å². The van der Waals surface area contributed by atoms with Crippen molar-refractivity contribution in [1.82, 2.24) is 19.7 Å². The summed E-state index contributed by atoms with van der Waals surface area (Å²) in [6.45, 7) is 0.509. The van der Waals surface area contributed by atoms with Gasteiger partial charge >= 0.3 is 0 Å². The van der Waals surface area contributed by atoms with E-state index in [4.69, 9.17) is 21.4 Å². The van der Waals surface area contributed by atoms with Crippen molar-refractivity contribution in [2.45, 2.75) is 38.3 Å². The molecule has 2 aromatic heterocycles. The molecular formula is C16H21ClFN5O3. The normalized spacial score (nSPS) is 20.2. The molecule has 0 unspecified atom stereocenters. The molecule has 1 aliphatic rings. The van der Waals surface area contributed by atoms with Crippen LogP contribution < -0.4 is 10.1 Å². The van der Waals surface area contributed by atoms with E-state index in [1.807, 2.05) is 0 Å². The smallest absolute Gasteiger partial charge is 0.255 e. The Balaban J connectivity index is 1.64. The fourth-order valence-electron chi connectivity index (χ4n) is 2.85. The molecule has 2 aromatic rings. The highest BCUT2D eigenvalue weighted by Gasteiger charge is 2.21. The van der Waals surface area contributed by atoms with E-state index in [-0.39, 0.29) is 42.2 Å². The van der Waals surface area contributed by atoms with E-state index >= 15 is 0 Å². The summed E-state index contributed by atoms with van der Waals surface area (Å²) < 4.78 is 20.9. The molecule has 0 bridgehead atoms. The van der Waals surface area contributed by atoms with Crippen molar-refractivity contribution in [1.29, 1.82) is 0 Å². The number of aliphatic hydroxyl groups is 2. The summed E-state index contributed by atoms with van der Waals surface area (Å²) >= 11 is 6.14. The third kappa shape index (κ3) is 4.60. The lowest BCUT2D eigenvalue weighted by Gasteiger charge is -2.25. The maximum absolute atomic E-state index is 13.9. The first-order valence-electron chi connectivity index (χ1n) is 8.49. The summed E-state index contributed by atoms with van der Waals surface area (Å²) in [5.74, 6) is -0.373. The van der Waals surface area contributed by atoms with Crippen molar-refractivity contribution in [3.63, 3.8) is 0 Å². The summed E-state index contributed by atoms with van der Waals surface area (Å²) in [6, 6.07) is 0. The first-order chi connectivity index (χ1) is 12.6. The Morgan fingerprint density at radius 1 is 1.31 bits per heavy atom. The van der Waals surface area contributed by atoms with Gasteiger partial charge in [0.2, 0.25) is 11.8 Å². The van der Waals surface area contributed by atoms with Gasteiger partial charge in [0.05, 0.1) is 43.9 Å². The Bertz CT molecular complexity index is 737. The number of halogens is 2. The van der Waals surface area contributed by atoms with Crippen LogP contribution in [0, 0.1) is 11.7 Å². The van der Waals surface area contributed by atoms with Crippen LogP contribution in [0.1, 0.15) is 25.7 Å². The van der Waals surface area contributed by atoms with Gasteiger partial charge in [-0.15, -0.1) is 0 Å². The van der Waals surface area contributed by atoms with Gasteiger partial charge in [0.25, 0.3) is 5.88 Å². The standard InChI is InChI=1S/C16H21ClFN5O3/c17-14-13(8-20-23(14)5-6-24)21-16-19-7-12(18)15(22-16)26-9-10-1-3-11(25)4-2-10/h7-8,10-11,24-25H,1-6,9H2,(H,19,21,22)/t10-,11-. The third-order valence-corrected chi connectivity index (χ3v) is 4.72. The molecule has 3 N–H and O–H groups in total. The molecule has 0 amide bonds. The molecule has 3 rings (SSSR count). The summed E-state index contributed by atoms with van der Waals surface area (Å²) in [5, 5.41) is 25.7. The van der Waals surface area contributed by atoms with Crippen LogP contribution in [0.4, 0.5) is 16.0 Å². The maximum Gasteiger partial charge on any atom is 0.255 e. The van der Waals surface area contributed by atoms with Crippen LogP contribution in [-0.2, 0) is 6.54 Å². The SMILES string of the molecule is OCCn1ncc(Nc2ncc(F)c(OC[C@H]3CC[C@H](O)CC3)n2)c1Cl. The molecule has 0 aliphatic heterocycles. The van der Waals surface area contributed by atoms with Gasteiger partial charge < -0.3 is 20.3 Å². The molecule has 2 heterocycles. The first-order valence-corrected chi connectivity index (χ1v) is 8.87. The van der Waals surface area contributed by atoms with E-state index in [0.717, 1.165) is 31.9 Å². The predicted molar refractivity (Wildman–Crippen MR) is 93.1 cm³/mol. The topological polar surface area (TPSA) is 105 Å². The van der Waals surface area contributed by atoms with E-state index in [1.165, 1.54) is 10.9 Å². The van der Waals surface area contributed by atoms with Gasteiger partial charge in [-0.3, -0.25) is 0 Å². The van der Waals surface area contributed by atoms with Gasteiger partial charge in [-0.2, -0.15) is 14.5 Å². The lowest BCUT2D eigenvalue weighted by molar-refractivity contribution is 0.0899. The van der Waals surface area contributed by atoms with Gasteiger partial charge in [0, 0.05) is 0 Å². The summed E-state index contributed by atoms with van der Waals surface area (Å²) in [5.41, 5.74) is 0.443. The van der Waals surface area contributed by atoms with Crippen LogP contribution in [-0.4, -0.2) is 49.3 Å². The van der Waals surface area contributed by atoms with Crippen molar-refractivity contribution in [3.05, 3.63) is 23.4 Å². The maximum atomic E-state index is 13.9. The predicted octanol–water partition coefficient (Wildman–Crippen LogP) is 2.13. The van der Waals surface area contributed by atoms with Crippen molar-refractivity contribution in [2.24, 2.45) is 5.92 Å². The molecule has 0 saturated heterocycles. The highest BCUT2D eigenvalue weighted by Crippen LogP contribution is 2.27. The molecule has 1 fully saturated rings. The van der Waals surface area contributed by atoms with Gasteiger partial charge in [0.15, 0.2) is 5.15 Å². The number of rotatable bonds is 7. The van der Waals surface area contributed by atoms with Crippen LogP contribution >= 0.6 is 11.6 Å². The van der Waals surface area contributed by atoms with E-state index in [1.54, 1.807) is 0 Å². The van der Waals surface area contributed by atoms with Crippen LogP contribution in [0.2, 0.25) is 5.15 Å². The number of hydrogen-bond acceptors (Lipinski definition) is 7. The molecule has 10 heteroatoms. The highest BCUT2D eigenvalue weighted by atomic mass is 35.5. The fraction of sp³-hybridized carbons (Fsp3) is 0.562.